The molecule has 0 fully saturated rings. The normalized spacial score (nSPS) is 13.5. The second-order valence-corrected chi connectivity index (χ2v) is 5.26. The fraction of sp³-hybridized carbons (Fsp3) is 0.188. The van der Waals surface area contributed by atoms with Gasteiger partial charge in [-0.2, -0.15) is 0 Å². The average molecular weight is 304 g/mol. The number of rotatable bonds is 3. The van der Waals surface area contributed by atoms with Crippen LogP contribution in [0.25, 0.3) is 0 Å². The van der Waals surface area contributed by atoms with Gasteiger partial charge in [0, 0.05) is 6.54 Å². The van der Waals surface area contributed by atoms with Gasteiger partial charge >= 0.3 is 5.97 Å². The Morgan fingerprint density at radius 1 is 1.29 bits per heavy atom. The Balaban J connectivity index is 1.85. The average Bonchev–Trinajstić information content (AvgIpc) is 2.47. The molecule has 0 spiro atoms. The van der Waals surface area contributed by atoms with Crippen molar-refractivity contribution in [1.29, 1.82) is 0 Å². The number of hydrogen-bond donors (Lipinski definition) is 1. The van der Waals surface area contributed by atoms with Gasteiger partial charge in [0.2, 0.25) is 0 Å². The first-order chi connectivity index (χ1) is 10.1. The zero-order valence-electron chi connectivity index (χ0n) is 11.3. The van der Waals surface area contributed by atoms with E-state index in [4.69, 9.17) is 21.4 Å². The Bertz CT molecular complexity index is 687. The van der Waals surface area contributed by atoms with Crippen LogP contribution in [-0.2, 0) is 6.54 Å². The minimum Gasteiger partial charge on any atom is -0.490 e. The molecule has 3 rings (SSSR count). The van der Waals surface area contributed by atoms with Crippen LogP contribution in [0.5, 0.6) is 5.75 Å². The van der Waals surface area contributed by atoms with E-state index in [1.165, 1.54) is 0 Å². The van der Waals surface area contributed by atoms with Gasteiger partial charge in [-0.1, -0.05) is 29.8 Å². The number of ether oxygens (including phenoxy) is 1. The van der Waals surface area contributed by atoms with Crippen LogP contribution in [0.1, 0.15) is 15.9 Å². The van der Waals surface area contributed by atoms with E-state index in [1.807, 2.05) is 24.3 Å². The van der Waals surface area contributed by atoms with E-state index in [0.717, 1.165) is 23.5 Å². The summed E-state index contributed by atoms with van der Waals surface area (Å²) in [4.78, 5) is 13.2. The number of benzene rings is 2. The van der Waals surface area contributed by atoms with E-state index in [2.05, 4.69) is 4.90 Å². The number of fused-ring (bicyclic) bond motifs is 1. The lowest BCUT2D eigenvalue weighted by molar-refractivity contribution is 0.0697. The molecule has 5 heteroatoms. The molecule has 1 aliphatic rings. The minimum atomic E-state index is -1.01. The first-order valence-corrected chi connectivity index (χ1v) is 7.01. The molecule has 0 atom stereocenters. The number of halogens is 1. The number of anilines is 1. The molecule has 2 aromatic carbocycles. The number of hydrogen-bond acceptors (Lipinski definition) is 3. The van der Waals surface area contributed by atoms with E-state index in [0.29, 0.717) is 13.2 Å². The lowest BCUT2D eigenvalue weighted by Gasteiger charge is -2.31. The summed E-state index contributed by atoms with van der Waals surface area (Å²) in [6.07, 6.45) is 0. The van der Waals surface area contributed by atoms with E-state index in [9.17, 15) is 4.79 Å². The molecule has 0 radical (unpaired) electrons. The lowest BCUT2D eigenvalue weighted by Crippen LogP contribution is -2.32. The monoisotopic (exact) mass is 303 g/mol. The van der Waals surface area contributed by atoms with Crippen molar-refractivity contribution in [3.05, 3.63) is 58.6 Å². The van der Waals surface area contributed by atoms with Gasteiger partial charge in [-0.3, -0.25) is 0 Å². The zero-order chi connectivity index (χ0) is 14.8. The van der Waals surface area contributed by atoms with Crippen LogP contribution in [0.2, 0.25) is 5.02 Å². The molecule has 0 aromatic heterocycles. The van der Waals surface area contributed by atoms with Gasteiger partial charge in [0.25, 0.3) is 0 Å². The molecule has 0 amide bonds. The molecule has 108 valence electrons. The summed E-state index contributed by atoms with van der Waals surface area (Å²) in [5.41, 5.74) is 2.15. The highest BCUT2D eigenvalue weighted by atomic mass is 35.5. The molecule has 0 saturated heterocycles. The number of para-hydroxylation sites is 2. The summed E-state index contributed by atoms with van der Waals surface area (Å²) < 4.78 is 5.62. The van der Waals surface area contributed by atoms with E-state index in [1.54, 1.807) is 18.2 Å². The second-order valence-electron chi connectivity index (χ2n) is 4.86. The van der Waals surface area contributed by atoms with Gasteiger partial charge in [0.05, 0.1) is 22.8 Å². The maximum atomic E-state index is 11.0. The summed E-state index contributed by atoms with van der Waals surface area (Å²) in [7, 11) is 0. The van der Waals surface area contributed by atoms with Crippen LogP contribution in [-0.4, -0.2) is 24.2 Å². The van der Waals surface area contributed by atoms with Crippen molar-refractivity contribution in [3.8, 4) is 5.75 Å². The Hall–Kier alpha value is -2.20. The highest BCUT2D eigenvalue weighted by molar-refractivity contribution is 6.33. The van der Waals surface area contributed by atoms with Gasteiger partial charge in [0.15, 0.2) is 0 Å². The number of carboxylic acid groups (broad SMARTS) is 1. The molecule has 0 bridgehead atoms. The Morgan fingerprint density at radius 3 is 2.86 bits per heavy atom. The van der Waals surface area contributed by atoms with Crippen LogP contribution >= 0.6 is 11.6 Å². The first-order valence-electron chi connectivity index (χ1n) is 6.63. The summed E-state index contributed by atoms with van der Waals surface area (Å²) in [5, 5.41) is 9.26. The second kappa shape index (κ2) is 5.66. The van der Waals surface area contributed by atoms with Crippen molar-refractivity contribution < 1.29 is 14.6 Å². The third-order valence-corrected chi connectivity index (χ3v) is 3.77. The van der Waals surface area contributed by atoms with Crippen molar-refractivity contribution >= 4 is 23.3 Å². The Labute approximate surface area is 127 Å². The maximum absolute atomic E-state index is 11.0. The molecular weight excluding hydrogens is 290 g/mol. The van der Waals surface area contributed by atoms with Crippen molar-refractivity contribution in [2.45, 2.75) is 6.54 Å². The van der Waals surface area contributed by atoms with Gasteiger partial charge in [-0.15, -0.1) is 0 Å². The van der Waals surface area contributed by atoms with Gasteiger partial charge in [-0.25, -0.2) is 4.79 Å². The lowest BCUT2D eigenvalue weighted by atomic mass is 10.1. The van der Waals surface area contributed by atoms with Crippen molar-refractivity contribution in [3.63, 3.8) is 0 Å². The molecule has 4 nitrogen and oxygen atoms in total. The Kier molecular flexibility index (Phi) is 3.71. The SMILES string of the molecule is O=C(O)c1ccc(CN2CCOc3ccccc32)cc1Cl. The predicted octanol–water partition coefficient (Wildman–Crippen LogP) is 3.44. The third-order valence-electron chi connectivity index (χ3n) is 3.46. The standard InChI is InChI=1S/C16H14ClNO3/c17-13-9-11(5-6-12(13)16(19)20)10-18-7-8-21-15-4-2-1-3-14(15)18/h1-6,9H,7-8,10H2,(H,19,20). The number of nitrogens with zero attached hydrogens (tertiary/aromatic N) is 1. The van der Waals surface area contributed by atoms with Gasteiger partial charge in [0.1, 0.15) is 12.4 Å². The molecule has 0 saturated carbocycles. The summed E-state index contributed by atoms with van der Waals surface area (Å²) >= 11 is 6.02. The van der Waals surface area contributed by atoms with Crippen LogP contribution < -0.4 is 9.64 Å². The molecule has 0 unspecified atom stereocenters. The van der Waals surface area contributed by atoms with E-state index < -0.39 is 5.97 Å². The van der Waals surface area contributed by atoms with Crippen molar-refractivity contribution in [1.82, 2.24) is 0 Å². The highest BCUT2D eigenvalue weighted by Gasteiger charge is 2.18. The number of carbonyl (C=O) groups is 1. The fourth-order valence-corrected chi connectivity index (χ4v) is 2.73. The summed E-state index contributed by atoms with van der Waals surface area (Å²) in [6.45, 7) is 2.09. The van der Waals surface area contributed by atoms with E-state index in [-0.39, 0.29) is 10.6 Å². The van der Waals surface area contributed by atoms with Crippen LogP contribution in [0.15, 0.2) is 42.5 Å². The predicted molar refractivity (Wildman–Crippen MR) is 81.4 cm³/mol. The molecule has 0 aliphatic carbocycles. The molecule has 21 heavy (non-hydrogen) atoms. The van der Waals surface area contributed by atoms with Crippen LogP contribution in [0, 0.1) is 0 Å². The largest absolute Gasteiger partial charge is 0.490 e. The molecule has 1 aliphatic heterocycles. The number of carboxylic acids is 1. The molecular formula is C16H14ClNO3. The van der Waals surface area contributed by atoms with Crippen LogP contribution in [0.4, 0.5) is 5.69 Å². The van der Waals surface area contributed by atoms with Gasteiger partial charge < -0.3 is 14.7 Å². The quantitative estimate of drug-likeness (QED) is 0.943. The van der Waals surface area contributed by atoms with E-state index >= 15 is 0 Å². The molecule has 2 aromatic rings. The molecule has 1 N–H and O–H groups in total. The van der Waals surface area contributed by atoms with Crippen molar-refractivity contribution in [2.24, 2.45) is 0 Å². The van der Waals surface area contributed by atoms with Crippen molar-refractivity contribution in [2.75, 3.05) is 18.1 Å². The zero-order valence-corrected chi connectivity index (χ0v) is 12.0. The first kappa shape index (κ1) is 13.8. The number of aromatic carboxylic acids is 1. The summed E-state index contributed by atoms with van der Waals surface area (Å²) in [6, 6.07) is 12.9. The minimum absolute atomic E-state index is 0.128. The fourth-order valence-electron chi connectivity index (χ4n) is 2.44. The summed E-state index contributed by atoms with van der Waals surface area (Å²) in [5.74, 6) is -0.139. The van der Waals surface area contributed by atoms with Gasteiger partial charge in [-0.05, 0) is 29.8 Å². The smallest absolute Gasteiger partial charge is 0.337 e. The maximum Gasteiger partial charge on any atom is 0.337 e. The topological polar surface area (TPSA) is 49.8 Å². The highest BCUT2D eigenvalue weighted by Crippen LogP contribution is 2.32. The third kappa shape index (κ3) is 2.81. The Morgan fingerprint density at radius 2 is 2.10 bits per heavy atom. The van der Waals surface area contributed by atoms with Crippen LogP contribution in [0.3, 0.4) is 0 Å². The molecule has 1 heterocycles.